The van der Waals surface area contributed by atoms with Crippen LogP contribution >= 0.6 is 0 Å². The molecule has 0 saturated heterocycles. The average Bonchev–Trinajstić information content (AvgIpc) is 3.20. The number of ketones is 2. The van der Waals surface area contributed by atoms with E-state index in [9.17, 15) is 9.59 Å². The molecule has 0 saturated carbocycles. The van der Waals surface area contributed by atoms with Crippen LogP contribution in [-0.4, -0.2) is 11.6 Å². The fourth-order valence-electron chi connectivity index (χ4n) is 5.15. The number of fused-ring (bicyclic) bond motifs is 1. The summed E-state index contributed by atoms with van der Waals surface area (Å²) in [5.41, 5.74) is 7.76. The van der Waals surface area contributed by atoms with Gasteiger partial charge in [0.2, 0.25) is 0 Å². The topological polar surface area (TPSA) is 37.4 Å². The van der Waals surface area contributed by atoms with Gasteiger partial charge in [-0.2, -0.15) is 0 Å². The molecule has 4 aromatic rings. The van der Waals surface area contributed by atoms with Gasteiger partial charge >= 0.3 is 0 Å². The van der Waals surface area contributed by atoms with Crippen molar-refractivity contribution in [3.05, 3.63) is 136 Å². The van der Waals surface area contributed by atoms with Crippen LogP contribution in [0.25, 0.3) is 6.08 Å². The number of hydrogen-bond acceptors (Lipinski definition) is 3. The summed E-state index contributed by atoms with van der Waals surface area (Å²) in [5.74, 6) is 0.158. The lowest BCUT2D eigenvalue weighted by Crippen LogP contribution is -2.16. The van der Waals surface area contributed by atoms with Crippen molar-refractivity contribution < 1.29 is 9.59 Å². The molecule has 0 spiro atoms. The number of carbonyl (C=O) groups excluding carboxylic acids is 2. The summed E-state index contributed by atoms with van der Waals surface area (Å²) in [6, 6.07) is 33.0. The molecule has 0 aliphatic heterocycles. The lowest BCUT2D eigenvalue weighted by molar-refractivity contribution is 0.0990. The normalized spacial score (nSPS) is 14.9. The average molecular weight is 528 g/mol. The van der Waals surface area contributed by atoms with E-state index in [0.29, 0.717) is 17.0 Å². The van der Waals surface area contributed by atoms with Crippen LogP contribution in [0, 0.1) is 0 Å². The number of Topliss-reactive ketones (excluding diaryl/α,β-unsaturated/α-hetero) is 2. The first-order chi connectivity index (χ1) is 19.2. The first-order valence-corrected chi connectivity index (χ1v) is 14.1. The van der Waals surface area contributed by atoms with E-state index in [1.54, 1.807) is 12.1 Å². The predicted molar refractivity (Wildman–Crippen MR) is 166 cm³/mol. The van der Waals surface area contributed by atoms with Crippen molar-refractivity contribution in [3.8, 4) is 0 Å². The lowest BCUT2D eigenvalue weighted by Gasteiger charge is -2.25. The fourth-order valence-corrected chi connectivity index (χ4v) is 5.15. The fraction of sp³-hybridized carbons (Fsp3) is 0.243. The van der Waals surface area contributed by atoms with Gasteiger partial charge in [0, 0.05) is 29.0 Å². The minimum atomic E-state index is -0.198. The standard InChI is InChI=1S/C37H37NO2/c1-6-25(2)28-16-12-27(13-17-28)24-38(30-10-8-7-9-11-30)31-19-14-26(15-20-31)22-34-35(39)32-21-18-29(37(3,4)5)23-33(32)36(34)40/h7-23,25H,6,24H2,1-5H3. The molecule has 5 rings (SSSR count). The molecule has 3 nitrogen and oxygen atoms in total. The second-order valence-electron chi connectivity index (χ2n) is 11.8. The van der Waals surface area contributed by atoms with Gasteiger partial charge in [0.1, 0.15) is 0 Å². The quantitative estimate of drug-likeness (QED) is 0.177. The maximum Gasteiger partial charge on any atom is 0.197 e. The zero-order chi connectivity index (χ0) is 28.4. The van der Waals surface area contributed by atoms with Crippen molar-refractivity contribution >= 4 is 29.0 Å². The summed E-state index contributed by atoms with van der Waals surface area (Å²) in [6.07, 6.45) is 2.85. The molecule has 4 aromatic carbocycles. The van der Waals surface area contributed by atoms with Crippen LogP contribution in [0.1, 0.15) is 89.9 Å². The molecule has 1 aliphatic rings. The molecule has 3 heteroatoms. The van der Waals surface area contributed by atoms with E-state index >= 15 is 0 Å². The Balaban J connectivity index is 1.42. The highest BCUT2D eigenvalue weighted by Crippen LogP contribution is 2.33. The number of benzene rings is 4. The third kappa shape index (κ3) is 5.56. The second kappa shape index (κ2) is 11.1. The van der Waals surface area contributed by atoms with Gasteiger partial charge in [-0.15, -0.1) is 0 Å². The van der Waals surface area contributed by atoms with Crippen molar-refractivity contribution in [1.29, 1.82) is 0 Å². The monoisotopic (exact) mass is 527 g/mol. The largest absolute Gasteiger partial charge is 0.337 e. The van der Waals surface area contributed by atoms with E-state index in [4.69, 9.17) is 0 Å². The highest BCUT2D eigenvalue weighted by atomic mass is 16.2. The molecule has 0 N–H and O–H groups in total. The molecule has 0 bridgehead atoms. The minimum absolute atomic E-state index is 0.0960. The maximum absolute atomic E-state index is 13.2. The zero-order valence-electron chi connectivity index (χ0n) is 24.1. The molecular weight excluding hydrogens is 490 g/mol. The smallest absolute Gasteiger partial charge is 0.197 e. The molecule has 1 aliphatic carbocycles. The summed E-state index contributed by atoms with van der Waals surface area (Å²) >= 11 is 0. The summed E-state index contributed by atoms with van der Waals surface area (Å²) < 4.78 is 0. The van der Waals surface area contributed by atoms with Gasteiger partial charge in [-0.1, -0.05) is 95.3 Å². The highest BCUT2D eigenvalue weighted by molar-refractivity contribution is 6.41. The Hall–Kier alpha value is -4.24. The molecule has 0 heterocycles. The third-order valence-electron chi connectivity index (χ3n) is 7.95. The van der Waals surface area contributed by atoms with Crippen LogP contribution in [-0.2, 0) is 12.0 Å². The molecule has 0 aromatic heterocycles. The molecule has 1 atom stereocenters. The van der Waals surface area contributed by atoms with E-state index in [-0.39, 0.29) is 22.6 Å². The Labute approximate surface area is 238 Å². The molecular formula is C37H37NO2. The third-order valence-corrected chi connectivity index (χ3v) is 7.95. The SMILES string of the molecule is CCC(C)c1ccc(CN(c2ccccc2)c2ccc(C=C3C(=O)c4ccc(C(C)(C)C)cc4C3=O)cc2)cc1. The van der Waals surface area contributed by atoms with Gasteiger partial charge in [-0.05, 0) is 82.5 Å². The minimum Gasteiger partial charge on any atom is -0.337 e. The van der Waals surface area contributed by atoms with Crippen LogP contribution in [0.4, 0.5) is 11.4 Å². The summed E-state index contributed by atoms with van der Waals surface area (Å²) in [7, 11) is 0. The predicted octanol–water partition coefficient (Wildman–Crippen LogP) is 9.30. The number of nitrogens with zero attached hydrogens (tertiary/aromatic N) is 1. The molecule has 0 radical (unpaired) electrons. The Bertz CT molecular complexity index is 1560. The van der Waals surface area contributed by atoms with E-state index < -0.39 is 0 Å². The van der Waals surface area contributed by atoms with Gasteiger partial charge in [0.25, 0.3) is 0 Å². The number of carbonyl (C=O) groups is 2. The van der Waals surface area contributed by atoms with Crippen LogP contribution in [0.3, 0.4) is 0 Å². The number of anilines is 2. The number of allylic oxidation sites excluding steroid dienone is 1. The van der Waals surface area contributed by atoms with Gasteiger partial charge in [-0.25, -0.2) is 0 Å². The van der Waals surface area contributed by atoms with Crippen LogP contribution in [0.2, 0.25) is 0 Å². The van der Waals surface area contributed by atoms with E-state index in [1.807, 2.05) is 42.5 Å². The lowest BCUT2D eigenvalue weighted by atomic mass is 9.85. The van der Waals surface area contributed by atoms with E-state index in [1.165, 1.54) is 11.1 Å². The number of rotatable bonds is 7. The molecule has 40 heavy (non-hydrogen) atoms. The Morgan fingerprint density at radius 2 is 1.38 bits per heavy atom. The highest BCUT2D eigenvalue weighted by Gasteiger charge is 2.34. The maximum atomic E-state index is 13.2. The van der Waals surface area contributed by atoms with Crippen LogP contribution in [0.5, 0.6) is 0 Å². The van der Waals surface area contributed by atoms with E-state index in [2.05, 4.69) is 88.0 Å². The van der Waals surface area contributed by atoms with E-state index in [0.717, 1.165) is 35.5 Å². The molecule has 202 valence electrons. The first-order valence-electron chi connectivity index (χ1n) is 14.1. The summed E-state index contributed by atoms with van der Waals surface area (Å²) in [6.45, 7) is 11.5. The zero-order valence-corrected chi connectivity index (χ0v) is 24.1. The van der Waals surface area contributed by atoms with Gasteiger partial charge in [0.05, 0.1) is 5.57 Å². The van der Waals surface area contributed by atoms with Gasteiger partial charge in [0.15, 0.2) is 11.6 Å². The van der Waals surface area contributed by atoms with Crippen molar-refractivity contribution in [1.82, 2.24) is 0 Å². The Morgan fingerprint density at radius 1 is 0.750 bits per heavy atom. The van der Waals surface area contributed by atoms with Crippen molar-refractivity contribution in [2.24, 2.45) is 0 Å². The summed E-state index contributed by atoms with van der Waals surface area (Å²) in [4.78, 5) is 28.6. The van der Waals surface area contributed by atoms with Gasteiger partial charge < -0.3 is 4.90 Å². The summed E-state index contributed by atoms with van der Waals surface area (Å²) in [5, 5.41) is 0. The molecule has 1 unspecified atom stereocenters. The van der Waals surface area contributed by atoms with Crippen molar-refractivity contribution in [2.75, 3.05) is 4.90 Å². The molecule has 0 fully saturated rings. The van der Waals surface area contributed by atoms with Crippen molar-refractivity contribution in [2.45, 2.75) is 58.9 Å². The first kappa shape index (κ1) is 27.3. The Kier molecular flexibility index (Phi) is 7.58. The molecule has 0 amide bonds. The van der Waals surface area contributed by atoms with Crippen LogP contribution in [0.15, 0.2) is 103 Å². The number of para-hydroxylation sites is 1. The number of hydrogen-bond donors (Lipinski definition) is 0. The Morgan fingerprint density at radius 3 is 2.00 bits per heavy atom. The van der Waals surface area contributed by atoms with Gasteiger partial charge in [-0.3, -0.25) is 9.59 Å². The second-order valence-corrected chi connectivity index (χ2v) is 11.8. The van der Waals surface area contributed by atoms with Crippen molar-refractivity contribution in [3.63, 3.8) is 0 Å². The van der Waals surface area contributed by atoms with Crippen LogP contribution < -0.4 is 4.90 Å².